The largest absolute Gasteiger partial charge is 0.465 e. The summed E-state index contributed by atoms with van der Waals surface area (Å²) in [5, 5.41) is 1.18. The number of pyridine rings is 1. The molecule has 26 heavy (non-hydrogen) atoms. The summed E-state index contributed by atoms with van der Waals surface area (Å²) >= 11 is 3.47. The maximum atomic E-state index is 13.1. The first-order valence-corrected chi connectivity index (χ1v) is 9.22. The van der Waals surface area contributed by atoms with Crippen molar-refractivity contribution < 1.29 is 9.53 Å². The molecule has 3 rings (SSSR count). The minimum atomic E-state index is -0.329. The lowest BCUT2D eigenvalue weighted by molar-refractivity contribution is -0.143. The molecular weight excluding hydrogens is 396 g/mol. The molecule has 0 radical (unpaired) electrons. The van der Waals surface area contributed by atoms with Crippen LogP contribution in [0, 0.1) is 6.92 Å². The summed E-state index contributed by atoms with van der Waals surface area (Å²) in [4.78, 5) is 27.3. The Hall–Kier alpha value is -2.34. The van der Waals surface area contributed by atoms with Gasteiger partial charge in [-0.1, -0.05) is 22.0 Å². The Morgan fingerprint density at radius 2 is 1.88 bits per heavy atom. The van der Waals surface area contributed by atoms with Crippen LogP contribution < -0.4 is 10.3 Å². The highest BCUT2D eigenvalue weighted by atomic mass is 79.9. The summed E-state index contributed by atoms with van der Waals surface area (Å²) in [5.41, 5.74) is 3.38. The van der Waals surface area contributed by atoms with Crippen molar-refractivity contribution in [2.75, 3.05) is 25.6 Å². The number of carbonyl (C=O) groups excluding carboxylic acids is 1. The Morgan fingerprint density at radius 1 is 1.19 bits per heavy atom. The van der Waals surface area contributed by atoms with Gasteiger partial charge in [-0.25, -0.2) is 0 Å². The van der Waals surface area contributed by atoms with Crippen LogP contribution in [-0.2, 0) is 16.1 Å². The van der Waals surface area contributed by atoms with E-state index in [0.717, 1.165) is 21.2 Å². The number of fused-ring (bicyclic) bond motifs is 2. The van der Waals surface area contributed by atoms with E-state index in [9.17, 15) is 9.59 Å². The number of nitrogens with zero attached hydrogens (tertiary/aromatic N) is 2. The molecule has 0 spiro atoms. The molecule has 1 aromatic heterocycles. The van der Waals surface area contributed by atoms with Crippen molar-refractivity contribution in [2.45, 2.75) is 20.4 Å². The molecule has 1 heterocycles. The summed E-state index contributed by atoms with van der Waals surface area (Å²) in [6.07, 6.45) is 0. The third kappa shape index (κ3) is 3.09. The van der Waals surface area contributed by atoms with Gasteiger partial charge in [-0.05, 0) is 43.7 Å². The molecule has 0 saturated heterocycles. The number of hydrogen-bond acceptors (Lipinski definition) is 4. The fourth-order valence-electron chi connectivity index (χ4n) is 3.39. The highest BCUT2D eigenvalue weighted by molar-refractivity contribution is 9.10. The molecule has 0 N–H and O–H groups in total. The molecular formula is C20H21BrN2O3. The van der Waals surface area contributed by atoms with E-state index in [4.69, 9.17) is 4.74 Å². The van der Waals surface area contributed by atoms with Crippen LogP contribution in [0.25, 0.3) is 21.8 Å². The number of aryl methyl sites for hydroxylation is 1. The molecule has 136 valence electrons. The molecule has 0 unspecified atom stereocenters. The standard InChI is InChI=1S/C20H21BrN2O3/c1-5-26-17(24)11-23-16-10-13(21)7-9-14(16)20(25)15-8-6-12(2)18(19(15)23)22(3)4/h6-10H,5,11H2,1-4H3. The molecule has 6 heteroatoms. The maximum Gasteiger partial charge on any atom is 0.325 e. The van der Waals surface area contributed by atoms with Gasteiger partial charge in [0.2, 0.25) is 0 Å². The second-order valence-corrected chi connectivity index (χ2v) is 7.32. The summed E-state index contributed by atoms with van der Waals surface area (Å²) in [6, 6.07) is 9.28. The predicted molar refractivity (Wildman–Crippen MR) is 109 cm³/mol. The van der Waals surface area contributed by atoms with Gasteiger partial charge in [0.1, 0.15) is 6.54 Å². The molecule has 3 aromatic rings. The highest BCUT2D eigenvalue weighted by Crippen LogP contribution is 2.31. The molecule has 0 bridgehead atoms. The van der Waals surface area contributed by atoms with Gasteiger partial charge in [0.05, 0.1) is 23.3 Å². The van der Waals surface area contributed by atoms with Crippen molar-refractivity contribution in [2.24, 2.45) is 0 Å². The number of ether oxygens (including phenoxy) is 1. The normalized spacial score (nSPS) is 11.1. The summed E-state index contributed by atoms with van der Waals surface area (Å²) < 4.78 is 7.91. The van der Waals surface area contributed by atoms with Crippen molar-refractivity contribution >= 4 is 49.4 Å². The fraction of sp³-hybridized carbons (Fsp3) is 0.300. The van der Waals surface area contributed by atoms with E-state index in [1.54, 1.807) is 13.0 Å². The Labute approximate surface area is 160 Å². The number of carbonyl (C=O) groups is 1. The van der Waals surface area contributed by atoms with Crippen LogP contribution >= 0.6 is 15.9 Å². The van der Waals surface area contributed by atoms with Crippen LogP contribution in [0.15, 0.2) is 39.6 Å². The van der Waals surface area contributed by atoms with Gasteiger partial charge in [-0.3, -0.25) is 9.59 Å². The van der Waals surface area contributed by atoms with Crippen molar-refractivity contribution in [1.82, 2.24) is 4.57 Å². The van der Waals surface area contributed by atoms with E-state index in [1.165, 1.54) is 0 Å². The minimum Gasteiger partial charge on any atom is -0.465 e. The molecule has 0 aliphatic rings. The van der Waals surface area contributed by atoms with Crippen LogP contribution in [0.3, 0.4) is 0 Å². The SMILES string of the molecule is CCOC(=O)Cn1c2cc(Br)ccc2c(=O)c2ccc(C)c(N(C)C)c21. The minimum absolute atomic E-state index is 0.0364. The number of anilines is 1. The molecule has 2 aromatic carbocycles. The van der Waals surface area contributed by atoms with Crippen LogP contribution in [0.5, 0.6) is 0 Å². The molecule has 0 saturated carbocycles. The van der Waals surface area contributed by atoms with E-state index < -0.39 is 0 Å². The van der Waals surface area contributed by atoms with Gasteiger partial charge >= 0.3 is 5.97 Å². The molecule has 0 aliphatic heterocycles. The zero-order chi connectivity index (χ0) is 19.0. The molecule has 0 amide bonds. The smallest absolute Gasteiger partial charge is 0.325 e. The maximum absolute atomic E-state index is 13.1. The van der Waals surface area contributed by atoms with Crippen LogP contribution in [-0.4, -0.2) is 31.2 Å². The monoisotopic (exact) mass is 416 g/mol. The molecule has 5 nitrogen and oxygen atoms in total. The zero-order valence-electron chi connectivity index (χ0n) is 15.3. The fourth-order valence-corrected chi connectivity index (χ4v) is 3.74. The Kier molecular flexibility index (Phi) is 5.05. The highest BCUT2D eigenvalue weighted by Gasteiger charge is 2.19. The van der Waals surface area contributed by atoms with Crippen molar-refractivity contribution in [1.29, 1.82) is 0 Å². The average Bonchev–Trinajstić information content (AvgIpc) is 2.58. The lowest BCUT2D eigenvalue weighted by Gasteiger charge is -2.23. The third-order valence-corrected chi connectivity index (χ3v) is 4.90. The number of rotatable bonds is 4. The number of aromatic nitrogens is 1. The van der Waals surface area contributed by atoms with Crippen molar-refractivity contribution in [3.63, 3.8) is 0 Å². The van der Waals surface area contributed by atoms with E-state index in [0.29, 0.717) is 22.9 Å². The topological polar surface area (TPSA) is 51.5 Å². The van der Waals surface area contributed by atoms with Gasteiger partial charge in [0.15, 0.2) is 5.43 Å². The van der Waals surface area contributed by atoms with Gasteiger partial charge in [-0.2, -0.15) is 0 Å². The molecule has 0 aliphatic carbocycles. The number of esters is 1. The van der Waals surface area contributed by atoms with Gasteiger partial charge < -0.3 is 14.2 Å². The summed E-state index contributed by atoms with van der Waals surface area (Å²) in [6.45, 7) is 4.14. The van der Waals surface area contributed by atoms with Crippen LogP contribution in [0.2, 0.25) is 0 Å². The van der Waals surface area contributed by atoms with Gasteiger partial charge in [0.25, 0.3) is 0 Å². The Morgan fingerprint density at radius 3 is 2.54 bits per heavy atom. The summed E-state index contributed by atoms with van der Waals surface area (Å²) in [7, 11) is 3.87. The quantitative estimate of drug-likeness (QED) is 0.478. The van der Waals surface area contributed by atoms with Crippen LogP contribution in [0.1, 0.15) is 12.5 Å². The second kappa shape index (κ2) is 7.11. The van der Waals surface area contributed by atoms with E-state index >= 15 is 0 Å². The predicted octanol–water partition coefficient (Wildman–Crippen LogP) is 3.85. The van der Waals surface area contributed by atoms with Crippen LogP contribution in [0.4, 0.5) is 5.69 Å². The molecule has 0 fully saturated rings. The number of benzene rings is 2. The number of halogens is 1. The third-order valence-electron chi connectivity index (χ3n) is 4.40. The second-order valence-electron chi connectivity index (χ2n) is 6.40. The van der Waals surface area contributed by atoms with E-state index in [-0.39, 0.29) is 17.9 Å². The first kappa shape index (κ1) is 18.5. The van der Waals surface area contributed by atoms with E-state index in [1.807, 2.05) is 54.8 Å². The summed E-state index contributed by atoms with van der Waals surface area (Å²) in [5.74, 6) is -0.329. The Balaban J connectivity index is 2.52. The van der Waals surface area contributed by atoms with Crippen molar-refractivity contribution in [3.05, 3.63) is 50.6 Å². The first-order valence-electron chi connectivity index (χ1n) is 8.43. The average molecular weight is 417 g/mol. The Bertz CT molecular complexity index is 1070. The molecule has 0 atom stereocenters. The van der Waals surface area contributed by atoms with Gasteiger partial charge in [0, 0.05) is 29.3 Å². The lowest BCUT2D eigenvalue weighted by Crippen LogP contribution is -2.21. The first-order chi connectivity index (χ1) is 12.3. The number of hydrogen-bond donors (Lipinski definition) is 0. The van der Waals surface area contributed by atoms with Gasteiger partial charge in [-0.15, -0.1) is 0 Å². The lowest BCUT2D eigenvalue weighted by atomic mass is 10.0. The zero-order valence-corrected chi connectivity index (χ0v) is 16.9. The van der Waals surface area contributed by atoms with Crippen molar-refractivity contribution in [3.8, 4) is 0 Å². The van der Waals surface area contributed by atoms with E-state index in [2.05, 4.69) is 15.9 Å².